The van der Waals surface area contributed by atoms with Crippen molar-refractivity contribution in [3.05, 3.63) is 56.7 Å². The summed E-state index contributed by atoms with van der Waals surface area (Å²) in [7, 11) is 0. The highest BCUT2D eigenvalue weighted by Crippen LogP contribution is 2.47. The Morgan fingerprint density at radius 1 is 1.41 bits per heavy atom. The zero-order valence-electron chi connectivity index (χ0n) is 15.3. The average molecular weight is 492 g/mol. The van der Waals surface area contributed by atoms with Gasteiger partial charge in [0, 0.05) is 17.7 Å². The predicted octanol–water partition coefficient (Wildman–Crippen LogP) is 4.47. The summed E-state index contributed by atoms with van der Waals surface area (Å²) in [5.74, 6) is -0.847. The van der Waals surface area contributed by atoms with E-state index in [9.17, 15) is 14.4 Å². The largest absolute Gasteiger partial charge is 0.384 e. The van der Waals surface area contributed by atoms with E-state index in [2.05, 4.69) is 32.2 Å². The molecule has 1 aliphatic carbocycles. The number of carbonyl (C=O) groups is 1. The van der Waals surface area contributed by atoms with E-state index in [1.165, 1.54) is 29.2 Å². The molecule has 6 nitrogen and oxygen atoms in total. The number of benzene rings is 1. The van der Waals surface area contributed by atoms with E-state index in [1.54, 1.807) is 17.0 Å². The molecule has 10 heteroatoms. The molecule has 1 aliphatic heterocycles. The third kappa shape index (κ3) is 3.37. The van der Waals surface area contributed by atoms with Gasteiger partial charge in [0.15, 0.2) is 10.1 Å². The number of halogens is 2. The fourth-order valence-electron chi connectivity index (χ4n) is 3.71. The van der Waals surface area contributed by atoms with Crippen LogP contribution in [0.4, 0.5) is 9.52 Å². The Bertz CT molecular complexity index is 1120. The molecule has 1 aromatic heterocycles. The molecule has 0 spiro atoms. The van der Waals surface area contributed by atoms with Crippen LogP contribution < -0.4 is 10.6 Å². The molecular formula is C19H15BrFN5OS2. The van der Waals surface area contributed by atoms with Crippen LogP contribution in [0.5, 0.6) is 0 Å². The standard InChI is InChI=1S/C19H15BrFN5OS2/c1-28-19-25-24-18(29-19)26-13-3-2-4-14(27)16(13)15(10(8-22)17(26)23)9-5-6-12(21)11(20)7-9/h5-7,15H,2-4,23H2,1H3. The molecular weight excluding hydrogens is 477 g/mol. The van der Waals surface area contributed by atoms with E-state index in [1.807, 2.05) is 6.26 Å². The summed E-state index contributed by atoms with van der Waals surface area (Å²) in [6, 6.07) is 6.69. The summed E-state index contributed by atoms with van der Waals surface area (Å²) in [5.41, 5.74) is 8.61. The number of nitrogens with two attached hydrogens (primary N) is 1. The smallest absolute Gasteiger partial charge is 0.219 e. The van der Waals surface area contributed by atoms with E-state index in [0.717, 1.165) is 10.0 Å². The molecule has 2 N–H and O–H groups in total. The molecule has 4 rings (SSSR count). The molecule has 0 amide bonds. The van der Waals surface area contributed by atoms with E-state index in [-0.39, 0.29) is 21.7 Å². The fraction of sp³-hybridized carbons (Fsp3) is 0.263. The SMILES string of the molecule is CSc1nnc(N2C(N)=C(C#N)C(c3ccc(F)c(Br)c3)C3=C2CCCC3=O)s1. The number of allylic oxidation sites excluding steroid dienone is 3. The number of nitriles is 1. The third-order valence-electron chi connectivity index (χ3n) is 4.95. The second kappa shape index (κ2) is 7.89. The number of rotatable bonds is 3. The van der Waals surface area contributed by atoms with Gasteiger partial charge >= 0.3 is 0 Å². The minimum absolute atomic E-state index is 0.0310. The number of hydrogen-bond acceptors (Lipinski definition) is 8. The molecule has 0 radical (unpaired) electrons. The van der Waals surface area contributed by atoms with Gasteiger partial charge in [-0.25, -0.2) is 4.39 Å². The lowest BCUT2D eigenvalue weighted by Gasteiger charge is -2.38. The number of hydrogen-bond donors (Lipinski definition) is 1. The number of anilines is 1. The van der Waals surface area contributed by atoms with Crippen molar-refractivity contribution in [2.75, 3.05) is 11.2 Å². The minimum Gasteiger partial charge on any atom is -0.384 e. The van der Waals surface area contributed by atoms with Gasteiger partial charge in [0.25, 0.3) is 0 Å². The predicted molar refractivity (Wildman–Crippen MR) is 114 cm³/mol. The maximum absolute atomic E-state index is 13.8. The van der Waals surface area contributed by atoms with Crippen LogP contribution in [0.1, 0.15) is 30.7 Å². The van der Waals surface area contributed by atoms with Crippen molar-refractivity contribution in [3.8, 4) is 6.07 Å². The van der Waals surface area contributed by atoms with Gasteiger partial charge in [0.1, 0.15) is 11.6 Å². The van der Waals surface area contributed by atoms with Gasteiger partial charge in [0.05, 0.1) is 22.0 Å². The Balaban J connectivity index is 1.95. The molecule has 148 valence electrons. The summed E-state index contributed by atoms with van der Waals surface area (Å²) in [6.07, 6.45) is 3.62. The molecule has 0 saturated carbocycles. The van der Waals surface area contributed by atoms with Crippen molar-refractivity contribution in [2.24, 2.45) is 5.73 Å². The van der Waals surface area contributed by atoms with Crippen LogP contribution in [0, 0.1) is 17.1 Å². The molecule has 0 bridgehead atoms. The lowest BCUT2D eigenvalue weighted by molar-refractivity contribution is -0.116. The Morgan fingerprint density at radius 3 is 2.86 bits per heavy atom. The number of carbonyl (C=O) groups excluding carboxylic acids is 1. The molecule has 0 fully saturated rings. The van der Waals surface area contributed by atoms with E-state index >= 15 is 0 Å². The summed E-state index contributed by atoms with van der Waals surface area (Å²) in [5, 5.41) is 18.8. The third-order valence-corrected chi connectivity index (χ3v) is 7.44. The van der Waals surface area contributed by atoms with Gasteiger partial charge in [-0.3, -0.25) is 9.69 Å². The summed E-state index contributed by atoms with van der Waals surface area (Å²) in [6.45, 7) is 0. The van der Waals surface area contributed by atoms with Gasteiger partial charge in [-0.1, -0.05) is 29.2 Å². The molecule has 2 aliphatic rings. The first-order valence-electron chi connectivity index (χ1n) is 8.74. The second-order valence-corrected chi connectivity index (χ2v) is 9.41. The van der Waals surface area contributed by atoms with Crippen LogP contribution in [0.2, 0.25) is 0 Å². The summed E-state index contributed by atoms with van der Waals surface area (Å²) in [4.78, 5) is 14.7. The maximum atomic E-state index is 13.8. The van der Waals surface area contributed by atoms with Crippen molar-refractivity contribution in [1.29, 1.82) is 5.26 Å². The molecule has 2 heterocycles. The number of Topliss-reactive ketones (excluding diaryl/α,β-unsaturated/α-hetero) is 1. The number of nitrogens with zero attached hydrogens (tertiary/aromatic N) is 4. The quantitative estimate of drug-likeness (QED) is 0.632. The van der Waals surface area contributed by atoms with Crippen LogP contribution in [0.15, 0.2) is 49.7 Å². The van der Waals surface area contributed by atoms with Crippen molar-refractivity contribution in [1.82, 2.24) is 10.2 Å². The van der Waals surface area contributed by atoms with Crippen LogP contribution >= 0.6 is 39.0 Å². The van der Waals surface area contributed by atoms with Crippen molar-refractivity contribution in [3.63, 3.8) is 0 Å². The Kier molecular flexibility index (Phi) is 5.46. The maximum Gasteiger partial charge on any atom is 0.219 e. The topological polar surface area (TPSA) is 95.9 Å². The first-order chi connectivity index (χ1) is 14.0. The normalized spacial score (nSPS) is 19.4. The Labute approximate surface area is 183 Å². The number of aromatic nitrogens is 2. The summed E-state index contributed by atoms with van der Waals surface area (Å²) < 4.78 is 14.8. The van der Waals surface area contributed by atoms with E-state index in [4.69, 9.17) is 5.73 Å². The van der Waals surface area contributed by atoms with Gasteiger partial charge in [0.2, 0.25) is 5.13 Å². The van der Waals surface area contributed by atoms with Crippen molar-refractivity contribution in [2.45, 2.75) is 29.5 Å². The molecule has 2 aromatic rings. The Hall–Kier alpha value is -2.22. The van der Waals surface area contributed by atoms with Crippen molar-refractivity contribution >= 4 is 49.9 Å². The van der Waals surface area contributed by atoms with Crippen molar-refractivity contribution < 1.29 is 9.18 Å². The van der Waals surface area contributed by atoms with Gasteiger partial charge in [-0.05, 0) is 52.7 Å². The van der Waals surface area contributed by atoms with Crippen LogP contribution in [0.25, 0.3) is 0 Å². The second-order valence-electron chi connectivity index (χ2n) is 6.54. The van der Waals surface area contributed by atoms with Crippen LogP contribution in [-0.4, -0.2) is 22.2 Å². The lowest BCUT2D eigenvalue weighted by atomic mass is 9.76. The van der Waals surface area contributed by atoms with E-state index in [0.29, 0.717) is 35.5 Å². The van der Waals surface area contributed by atoms with E-state index < -0.39 is 11.7 Å². The highest BCUT2D eigenvalue weighted by molar-refractivity contribution is 9.10. The lowest BCUT2D eigenvalue weighted by Crippen LogP contribution is -2.38. The molecule has 1 unspecified atom stereocenters. The van der Waals surface area contributed by atoms with Crippen LogP contribution in [-0.2, 0) is 4.79 Å². The Morgan fingerprint density at radius 2 is 2.21 bits per heavy atom. The number of ketones is 1. The van der Waals surface area contributed by atoms with Crippen LogP contribution in [0.3, 0.4) is 0 Å². The minimum atomic E-state index is -0.635. The summed E-state index contributed by atoms with van der Waals surface area (Å²) >= 11 is 6.02. The van der Waals surface area contributed by atoms with Gasteiger partial charge in [-0.2, -0.15) is 5.26 Å². The monoisotopic (exact) mass is 491 g/mol. The van der Waals surface area contributed by atoms with Gasteiger partial charge in [-0.15, -0.1) is 10.2 Å². The molecule has 0 saturated heterocycles. The average Bonchev–Trinajstić information content (AvgIpc) is 3.18. The zero-order chi connectivity index (χ0) is 20.7. The molecule has 1 aromatic carbocycles. The number of thioether (sulfide) groups is 1. The van der Waals surface area contributed by atoms with Gasteiger partial charge < -0.3 is 5.73 Å². The highest BCUT2D eigenvalue weighted by atomic mass is 79.9. The molecule has 1 atom stereocenters. The molecule has 29 heavy (non-hydrogen) atoms. The highest BCUT2D eigenvalue weighted by Gasteiger charge is 2.41. The first kappa shape index (κ1) is 20.1. The first-order valence-corrected chi connectivity index (χ1v) is 11.6. The fourth-order valence-corrected chi connectivity index (χ4v) is 5.40. The zero-order valence-corrected chi connectivity index (χ0v) is 18.5.